The van der Waals surface area contributed by atoms with E-state index in [1.54, 1.807) is 0 Å². The highest BCUT2D eigenvalue weighted by molar-refractivity contribution is 5.69. The average Bonchev–Trinajstić information content (AvgIpc) is 3.06. The Labute approximate surface area is 176 Å². The van der Waals surface area contributed by atoms with Gasteiger partial charge in [-0.1, -0.05) is 32.4 Å². The maximum atomic E-state index is 11.6. The molecule has 0 aromatic carbocycles. The molecule has 0 aliphatic heterocycles. The number of ether oxygens (including phenoxy) is 1. The van der Waals surface area contributed by atoms with Crippen LogP contribution >= 0.6 is 0 Å². The van der Waals surface area contributed by atoms with Gasteiger partial charge in [-0.2, -0.15) is 0 Å². The number of aliphatic hydroxyl groups excluding tert-OH is 2. The maximum Gasteiger partial charge on any atom is 0.305 e. The van der Waals surface area contributed by atoms with Crippen LogP contribution in [0.2, 0.25) is 0 Å². The van der Waals surface area contributed by atoms with Gasteiger partial charge < -0.3 is 14.9 Å². The molecule has 0 amide bonds. The molecule has 0 bridgehead atoms. The summed E-state index contributed by atoms with van der Waals surface area (Å²) >= 11 is 0. The highest BCUT2D eigenvalue weighted by atomic mass is 16.5. The number of allylic oxidation sites excluding steroid dienone is 1. The summed E-state index contributed by atoms with van der Waals surface area (Å²) in [5.74, 6) is 2.40. The van der Waals surface area contributed by atoms with Gasteiger partial charge in [0.05, 0.1) is 19.3 Å². The number of carbonyl (C=O) groups excluding carboxylic acids is 1. The minimum Gasteiger partial charge on any atom is -0.469 e. The molecule has 0 radical (unpaired) electrons. The van der Waals surface area contributed by atoms with Crippen molar-refractivity contribution in [3.63, 3.8) is 0 Å². The lowest BCUT2D eigenvalue weighted by Crippen LogP contribution is -2.53. The van der Waals surface area contributed by atoms with Crippen LogP contribution < -0.4 is 0 Å². The van der Waals surface area contributed by atoms with Crippen molar-refractivity contribution in [3.05, 3.63) is 11.6 Å². The molecule has 4 nitrogen and oxygen atoms in total. The smallest absolute Gasteiger partial charge is 0.305 e. The molecule has 4 aliphatic carbocycles. The lowest BCUT2D eigenvalue weighted by molar-refractivity contribution is -0.141. The van der Waals surface area contributed by atoms with Gasteiger partial charge in [0.2, 0.25) is 0 Å². The van der Waals surface area contributed by atoms with Crippen LogP contribution in [-0.2, 0) is 9.53 Å². The predicted molar refractivity (Wildman–Crippen MR) is 113 cm³/mol. The topological polar surface area (TPSA) is 66.8 Å². The van der Waals surface area contributed by atoms with Crippen molar-refractivity contribution in [2.75, 3.05) is 7.11 Å². The van der Waals surface area contributed by atoms with E-state index in [4.69, 9.17) is 4.74 Å². The Morgan fingerprint density at radius 3 is 2.69 bits per heavy atom. The van der Waals surface area contributed by atoms with Crippen molar-refractivity contribution >= 4 is 5.97 Å². The molecule has 0 saturated heterocycles. The first-order valence-corrected chi connectivity index (χ1v) is 11.9. The highest BCUT2D eigenvalue weighted by Crippen LogP contribution is 2.66. The number of rotatable bonds is 4. The van der Waals surface area contributed by atoms with Crippen molar-refractivity contribution < 1.29 is 19.7 Å². The van der Waals surface area contributed by atoms with Gasteiger partial charge in [0.15, 0.2) is 0 Å². The minimum atomic E-state index is -0.408. The largest absolute Gasteiger partial charge is 0.469 e. The lowest BCUT2D eigenvalue weighted by Gasteiger charge is -2.58. The molecular formula is C25H40O4. The van der Waals surface area contributed by atoms with Gasteiger partial charge in [0.25, 0.3) is 0 Å². The van der Waals surface area contributed by atoms with Crippen molar-refractivity contribution in [1.29, 1.82) is 0 Å². The van der Waals surface area contributed by atoms with Crippen molar-refractivity contribution in [2.24, 2.45) is 40.4 Å². The van der Waals surface area contributed by atoms with Crippen LogP contribution in [0.15, 0.2) is 11.6 Å². The van der Waals surface area contributed by atoms with E-state index in [1.165, 1.54) is 31.9 Å². The fraction of sp³-hybridized carbons (Fsp3) is 0.880. The van der Waals surface area contributed by atoms with Crippen LogP contribution in [0.4, 0.5) is 0 Å². The number of aliphatic hydroxyl groups is 2. The van der Waals surface area contributed by atoms with E-state index in [0.717, 1.165) is 32.1 Å². The van der Waals surface area contributed by atoms with Gasteiger partial charge in [-0.05, 0) is 86.4 Å². The summed E-state index contributed by atoms with van der Waals surface area (Å²) in [6, 6.07) is 0. The van der Waals surface area contributed by atoms with Crippen LogP contribution in [-0.4, -0.2) is 35.5 Å². The Kier molecular flexibility index (Phi) is 5.65. The predicted octanol–water partition coefficient (Wildman–Crippen LogP) is 4.49. The third-order valence-corrected chi connectivity index (χ3v) is 9.90. The number of carbonyl (C=O) groups is 1. The first kappa shape index (κ1) is 21.4. The Bertz CT molecular complexity index is 672. The van der Waals surface area contributed by atoms with Gasteiger partial charge in [0.1, 0.15) is 0 Å². The molecule has 3 fully saturated rings. The zero-order chi connectivity index (χ0) is 21.0. The first-order valence-electron chi connectivity index (χ1n) is 11.9. The number of hydrogen-bond acceptors (Lipinski definition) is 4. The molecule has 1 unspecified atom stereocenters. The monoisotopic (exact) mass is 404 g/mol. The maximum absolute atomic E-state index is 11.6. The Morgan fingerprint density at radius 2 is 1.97 bits per heavy atom. The number of methoxy groups -OCH3 is 1. The fourth-order valence-corrected chi connectivity index (χ4v) is 8.11. The number of esters is 1. The summed E-state index contributed by atoms with van der Waals surface area (Å²) in [5, 5.41) is 21.7. The summed E-state index contributed by atoms with van der Waals surface area (Å²) in [6.45, 7) is 6.98. The molecule has 4 heteroatoms. The normalized spacial score (nSPS) is 47.4. The van der Waals surface area contributed by atoms with Crippen molar-refractivity contribution in [3.8, 4) is 0 Å². The molecule has 0 spiro atoms. The van der Waals surface area contributed by atoms with Gasteiger partial charge in [-0.15, -0.1) is 0 Å². The van der Waals surface area contributed by atoms with Crippen LogP contribution in [0.5, 0.6) is 0 Å². The van der Waals surface area contributed by atoms with Crippen LogP contribution in [0.3, 0.4) is 0 Å². The molecule has 2 N–H and O–H groups in total. The zero-order valence-corrected chi connectivity index (χ0v) is 18.7. The second-order valence-corrected chi connectivity index (χ2v) is 11.0. The van der Waals surface area contributed by atoms with E-state index in [9.17, 15) is 15.0 Å². The van der Waals surface area contributed by atoms with E-state index in [0.29, 0.717) is 36.0 Å². The third-order valence-electron chi connectivity index (χ3n) is 9.90. The Morgan fingerprint density at radius 1 is 1.21 bits per heavy atom. The van der Waals surface area contributed by atoms with Crippen molar-refractivity contribution in [1.82, 2.24) is 0 Å². The fourth-order valence-electron chi connectivity index (χ4n) is 8.11. The summed E-state index contributed by atoms with van der Waals surface area (Å²) in [4.78, 5) is 11.6. The zero-order valence-electron chi connectivity index (χ0n) is 18.7. The molecule has 29 heavy (non-hydrogen) atoms. The summed E-state index contributed by atoms with van der Waals surface area (Å²) in [6.07, 6.45) is 10.6. The van der Waals surface area contributed by atoms with Gasteiger partial charge in [-0.25, -0.2) is 0 Å². The van der Waals surface area contributed by atoms with E-state index in [-0.39, 0.29) is 22.9 Å². The first-order chi connectivity index (χ1) is 13.7. The standard InChI is InChI=1S/C25H40O4/c1-15(5-10-23(28)29-4)19-8-9-20-18-7-6-16-13-17(26)11-12-24(16,2)21(18)14-22(27)25(19,20)3/h14-20,22,26-27H,5-13H2,1-4H3/t15-,16-,17-,18+,19-,20+,22?,24+,25-/m1/s1. The second kappa shape index (κ2) is 7.67. The molecule has 0 heterocycles. The number of fused-ring (bicyclic) bond motifs is 5. The molecule has 3 saturated carbocycles. The van der Waals surface area contributed by atoms with Crippen LogP contribution in [0, 0.1) is 40.4 Å². The molecular weight excluding hydrogens is 364 g/mol. The molecule has 164 valence electrons. The molecule has 0 aromatic rings. The van der Waals surface area contributed by atoms with E-state index >= 15 is 0 Å². The SMILES string of the molecule is COC(=O)CC[C@@H](C)[C@H]1CC[C@H]2[C@@H]3CC[C@@H]4C[C@H](O)CC[C@]4(C)C3=CC(O)[C@]12C. The highest BCUT2D eigenvalue weighted by Gasteiger charge is 2.60. The average molecular weight is 405 g/mol. The van der Waals surface area contributed by atoms with E-state index in [1.807, 2.05) is 0 Å². The van der Waals surface area contributed by atoms with E-state index < -0.39 is 6.10 Å². The quantitative estimate of drug-likeness (QED) is 0.535. The summed E-state index contributed by atoms with van der Waals surface area (Å²) in [5.41, 5.74) is 1.57. The third kappa shape index (κ3) is 3.29. The summed E-state index contributed by atoms with van der Waals surface area (Å²) < 4.78 is 4.84. The number of hydrogen-bond donors (Lipinski definition) is 2. The second-order valence-electron chi connectivity index (χ2n) is 11.0. The van der Waals surface area contributed by atoms with Crippen LogP contribution in [0.1, 0.15) is 78.6 Å². The Balaban J connectivity index is 1.59. The lowest BCUT2D eigenvalue weighted by atomic mass is 9.47. The van der Waals surface area contributed by atoms with Crippen molar-refractivity contribution in [2.45, 2.75) is 90.8 Å². The summed E-state index contributed by atoms with van der Waals surface area (Å²) in [7, 11) is 1.46. The van der Waals surface area contributed by atoms with Gasteiger partial charge >= 0.3 is 5.97 Å². The molecule has 0 aromatic heterocycles. The molecule has 4 aliphatic rings. The van der Waals surface area contributed by atoms with Gasteiger partial charge in [0, 0.05) is 11.8 Å². The van der Waals surface area contributed by atoms with Gasteiger partial charge in [-0.3, -0.25) is 4.79 Å². The Hall–Kier alpha value is -0.870. The van der Waals surface area contributed by atoms with Crippen LogP contribution in [0.25, 0.3) is 0 Å². The van der Waals surface area contributed by atoms with E-state index in [2.05, 4.69) is 26.8 Å². The molecule has 9 atom stereocenters. The minimum absolute atomic E-state index is 0.0962. The molecule has 4 rings (SSSR count).